The molecule has 0 aromatic carbocycles. The SMILES string of the molecule is CC(OC1=CC=CNN1)C(=O)O. The van der Waals surface area contributed by atoms with Crippen LogP contribution in [0.4, 0.5) is 0 Å². The summed E-state index contributed by atoms with van der Waals surface area (Å²) in [6, 6.07) is 0. The number of hydrazine groups is 1. The van der Waals surface area contributed by atoms with Gasteiger partial charge < -0.3 is 15.3 Å². The maximum atomic E-state index is 10.4. The van der Waals surface area contributed by atoms with Crippen LogP contribution in [-0.4, -0.2) is 17.2 Å². The average Bonchev–Trinajstić information content (AvgIpc) is 2.06. The van der Waals surface area contributed by atoms with E-state index < -0.39 is 12.1 Å². The van der Waals surface area contributed by atoms with Crippen LogP contribution in [-0.2, 0) is 9.53 Å². The van der Waals surface area contributed by atoms with E-state index in [9.17, 15) is 4.79 Å². The van der Waals surface area contributed by atoms with Gasteiger partial charge in [0, 0.05) is 12.3 Å². The van der Waals surface area contributed by atoms with E-state index in [0.717, 1.165) is 0 Å². The number of hydrogen-bond donors (Lipinski definition) is 3. The van der Waals surface area contributed by atoms with Crippen LogP contribution in [0.15, 0.2) is 24.2 Å². The van der Waals surface area contributed by atoms with Crippen LogP contribution < -0.4 is 10.9 Å². The fraction of sp³-hybridized carbons (Fsp3) is 0.286. The molecular weight excluding hydrogens is 160 g/mol. The third-order valence-electron chi connectivity index (χ3n) is 1.27. The van der Waals surface area contributed by atoms with E-state index in [4.69, 9.17) is 9.84 Å². The molecule has 1 unspecified atom stereocenters. The van der Waals surface area contributed by atoms with Gasteiger partial charge in [-0.15, -0.1) is 0 Å². The summed E-state index contributed by atoms with van der Waals surface area (Å²) in [4.78, 5) is 10.4. The Morgan fingerprint density at radius 1 is 1.75 bits per heavy atom. The topological polar surface area (TPSA) is 70.6 Å². The third-order valence-corrected chi connectivity index (χ3v) is 1.27. The van der Waals surface area contributed by atoms with E-state index in [-0.39, 0.29) is 0 Å². The highest BCUT2D eigenvalue weighted by atomic mass is 16.5. The number of allylic oxidation sites excluding steroid dienone is 2. The molecule has 1 aliphatic heterocycles. The van der Waals surface area contributed by atoms with Gasteiger partial charge in [0.15, 0.2) is 6.10 Å². The lowest BCUT2D eigenvalue weighted by molar-refractivity contribution is -0.147. The molecule has 0 fully saturated rings. The zero-order chi connectivity index (χ0) is 8.97. The number of nitrogens with one attached hydrogen (secondary N) is 2. The summed E-state index contributed by atoms with van der Waals surface area (Å²) >= 11 is 0. The van der Waals surface area contributed by atoms with Crippen LogP contribution in [0, 0.1) is 0 Å². The van der Waals surface area contributed by atoms with Gasteiger partial charge in [0.25, 0.3) is 0 Å². The minimum absolute atomic E-state index is 0.396. The molecule has 0 spiro atoms. The Hall–Kier alpha value is -1.65. The fourth-order valence-electron chi connectivity index (χ4n) is 0.648. The van der Waals surface area contributed by atoms with Crippen molar-refractivity contribution in [1.29, 1.82) is 0 Å². The first-order valence-electron chi connectivity index (χ1n) is 3.48. The minimum Gasteiger partial charge on any atom is -0.479 e. The number of carbonyl (C=O) groups is 1. The Labute approximate surface area is 69.7 Å². The maximum Gasteiger partial charge on any atom is 0.344 e. The fourth-order valence-corrected chi connectivity index (χ4v) is 0.648. The van der Waals surface area contributed by atoms with Crippen LogP contribution in [0.25, 0.3) is 0 Å². The van der Waals surface area contributed by atoms with Crippen molar-refractivity contribution in [3.63, 3.8) is 0 Å². The Morgan fingerprint density at radius 2 is 2.50 bits per heavy atom. The van der Waals surface area contributed by atoms with Crippen molar-refractivity contribution in [1.82, 2.24) is 10.9 Å². The molecular formula is C7H10N2O3. The number of rotatable bonds is 3. The normalized spacial score (nSPS) is 16.9. The number of carboxylic acid groups (broad SMARTS) is 1. The molecule has 0 aliphatic carbocycles. The molecule has 3 N–H and O–H groups in total. The molecule has 66 valence electrons. The van der Waals surface area contributed by atoms with Crippen molar-refractivity contribution in [3.05, 3.63) is 24.2 Å². The van der Waals surface area contributed by atoms with Crippen molar-refractivity contribution in [2.45, 2.75) is 13.0 Å². The van der Waals surface area contributed by atoms with E-state index in [2.05, 4.69) is 10.9 Å². The van der Waals surface area contributed by atoms with Gasteiger partial charge in [-0.1, -0.05) is 0 Å². The van der Waals surface area contributed by atoms with Crippen LogP contribution in [0.3, 0.4) is 0 Å². The standard InChI is InChI=1S/C7H10N2O3/c1-5(7(10)11)12-6-3-2-4-8-9-6/h2-5,8-9H,1H3,(H,10,11). The molecule has 5 nitrogen and oxygen atoms in total. The summed E-state index contributed by atoms with van der Waals surface area (Å²) in [5.74, 6) is -0.598. The zero-order valence-electron chi connectivity index (χ0n) is 6.57. The first-order valence-corrected chi connectivity index (χ1v) is 3.48. The molecule has 0 saturated heterocycles. The third kappa shape index (κ3) is 2.19. The van der Waals surface area contributed by atoms with Gasteiger partial charge in [-0.3, -0.25) is 5.43 Å². The van der Waals surface area contributed by atoms with Crippen molar-refractivity contribution in [2.24, 2.45) is 0 Å². The summed E-state index contributed by atoms with van der Waals surface area (Å²) in [6.07, 6.45) is 4.16. The Morgan fingerprint density at radius 3 is 3.00 bits per heavy atom. The number of carboxylic acids is 1. The molecule has 5 heteroatoms. The summed E-state index contributed by atoms with van der Waals surface area (Å²) in [5, 5.41) is 8.49. The van der Waals surface area contributed by atoms with Gasteiger partial charge in [0.1, 0.15) is 0 Å². The van der Waals surface area contributed by atoms with E-state index in [1.54, 1.807) is 18.4 Å². The van der Waals surface area contributed by atoms with E-state index in [0.29, 0.717) is 5.88 Å². The highest BCUT2D eigenvalue weighted by Gasteiger charge is 2.13. The second-order valence-corrected chi connectivity index (χ2v) is 2.26. The number of hydrogen-bond acceptors (Lipinski definition) is 4. The Bertz CT molecular complexity index is 235. The van der Waals surface area contributed by atoms with E-state index in [1.807, 2.05) is 0 Å². The van der Waals surface area contributed by atoms with Gasteiger partial charge in [0.05, 0.1) is 0 Å². The predicted octanol–water partition coefficient (Wildman–Crippen LogP) is -0.0610. The van der Waals surface area contributed by atoms with Crippen LogP contribution >= 0.6 is 0 Å². The Kier molecular flexibility index (Phi) is 2.57. The van der Waals surface area contributed by atoms with Crippen molar-refractivity contribution < 1.29 is 14.6 Å². The molecule has 0 amide bonds. The van der Waals surface area contributed by atoms with Crippen molar-refractivity contribution >= 4 is 5.97 Å². The molecule has 0 radical (unpaired) electrons. The Balaban J connectivity index is 2.45. The van der Waals surface area contributed by atoms with Gasteiger partial charge in [-0.25, -0.2) is 4.79 Å². The molecule has 0 saturated carbocycles. The van der Waals surface area contributed by atoms with Gasteiger partial charge in [-0.05, 0) is 13.0 Å². The molecule has 0 bridgehead atoms. The van der Waals surface area contributed by atoms with Crippen LogP contribution in [0.1, 0.15) is 6.92 Å². The van der Waals surface area contributed by atoms with E-state index in [1.165, 1.54) is 6.92 Å². The molecule has 0 aromatic heterocycles. The highest BCUT2D eigenvalue weighted by molar-refractivity contribution is 5.71. The lowest BCUT2D eigenvalue weighted by Crippen LogP contribution is -2.32. The quantitative estimate of drug-likeness (QED) is 0.553. The smallest absolute Gasteiger partial charge is 0.344 e. The minimum atomic E-state index is -0.993. The van der Waals surface area contributed by atoms with Gasteiger partial charge in [0.2, 0.25) is 5.88 Å². The number of aliphatic carboxylic acids is 1. The molecule has 12 heavy (non-hydrogen) atoms. The monoisotopic (exact) mass is 170 g/mol. The summed E-state index contributed by atoms with van der Waals surface area (Å²) in [7, 11) is 0. The van der Waals surface area contributed by atoms with Crippen molar-refractivity contribution in [2.75, 3.05) is 0 Å². The van der Waals surface area contributed by atoms with Crippen LogP contribution in [0.2, 0.25) is 0 Å². The first kappa shape index (κ1) is 8.45. The molecule has 1 aliphatic rings. The highest BCUT2D eigenvalue weighted by Crippen LogP contribution is 2.01. The molecule has 1 heterocycles. The molecule has 0 aromatic rings. The van der Waals surface area contributed by atoms with Crippen molar-refractivity contribution in [3.8, 4) is 0 Å². The lowest BCUT2D eigenvalue weighted by Gasteiger charge is -2.16. The van der Waals surface area contributed by atoms with Crippen LogP contribution in [0.5, 0.6) is 0 Å². The van der Waals surface area contributed by atoms with Gasteiger partial charge in [-0.2, -0.15) is 0 Å². The largest absolute Gasteiger partial charge is 0.479 e. The average molecular weight is 170 g/mol. The summed E-state index contributed by atoms with van der Waals surface area (Å²) in [6.45, 7) is 1.46. The predicted molar refractivity (Wildman–Crippen MR) is 41.7 cm³/mol. The number of ether oxygens (including phenoxy) is 1. The first-order chi connectivity index (χ1) is 5.70. The summed E-state index contributed by atoms with van der Waals surface area (Å²) in [5.41, 5.74) is 5.31. The van der Waals surface area contributed by atoms with E-state index >= 15 is 0 Å². The molecule has 1 rings (SSSR count). The maximum absolute atomic E-state index is 10.4. The zero-order valence-corrected chi connectivity index (χ0v) is 6.57. The second kappa shape index (κ2) is 3.66. The second-order valence-electron chi connectivity index (χ2n) is 2.26. The summed E-state index contributed by atoms with van der Waals surface area (Å²) < 4.78 is 4.99. The molecule has 1 atom stereocenters. The van der Waals surface area contributed by atoms with Gasteiger partial charge >= 0.3 is 5.97 Å². The lowest BCUT2D eigenvalue weighted by atomic mass is 10.4.